The van der Waals surface area contributed by atoms with Gasteiger partial charge < -0.3 is 33.8 Å². The van der Waals surface area contributed by atoms with E-state index in [1.807, 2.05) is 0 Å². The monoisotopic (exact) mass is 1420 g/mol. The standard InChI is InChI=1S/C78H148O17P2/c1-6-10-13-16-19-22-25-28-31-33-36-39-42-49-54-59-64-78(83)94-73(67-88-75(80)61-56-51-46-40-37-35-32-29-26-23-20-17-14-11-7-2)69-92-96(84,85)90-65-72(79)66-91-97(86,87)93-70-74(68-89-76(81)62-57-52-47-44-43-45-50-55-60-71(5)9-4)95-77(82)63-58-53-48-41-38-34-30-27-24-21-18-15-12-8-3/h23,26,29,32,71-74,79H,6-22,24-25,27-28,30-31,33-70H2,1-5H3,(H,84,85)(H,86,87)/b26-23-,32-29-/t71?,72-,73-,74-/m1/s1. The lowest BCUT2D eigenvalue weighted by molar-refractivity contribution is -0.161. The van der Waals surface area contributed by atoms with Gasteiger partial charge in [0.25, 0.3) is 0 Å². The summed E-state index contributed by atoms with van der Waals surface area (Å²) in [6, 6.07) is 0. The molecule has 572 valence electrons. The summed E-state index contributed by atoms with van der Waals surface area (Å²) in [5, 5.41) is 10.6. The normalized spacial score (nSPS) is 14.4. The van der Waals surface area contributed by atoms with Crippen LogP contribution in [0.3, 0.4) is 0 Å². The molecule has 6 atom stereocenters. The Hall–Kier alpha value is -2.46. The summed E-state index contributed by atoms with van der Waals surface area (Å²) < 4.78 is 68.6. The lowest BCUT2D eigenvalue weighted by atomic mass is 9.99. The fourth-order valence-electron chi connectivity index (χ4n) is 11.5. The molecular formula is C78H148O17P2. The predicted octanol–water partition coefficient (Wildman–Crippen LogP) is 22.8. The lowest BCUT2D eigenvalue weighted by Crippen LogP contribution is -2.30. The second-order valence-corrected chi connectivity index (χ2v) is 30.6. The molecule has 3 unspecified atom stereocenters. The van der Waals surface area contributed by atoms with Crippen molar-refractivity contribution >= 4 is 39.5 Å². The van der Waals surface area contributed by atoms with Gasteiger partial charge in [-0.2, -0.15) is 0 Å². The fraction of sp³-hybridized carbons (Fsp3) is 0.897. The van der Waals surface area contributed by atoms with Crippen molar-refractivity contribution in [2.75, 3.05) is 39.6 Å². The highest BCUT2D eigenvalue weighted by Crippen LogP contribution is 2.45. The van der Waals surface area contributed by atoms with Crippen LogP contribution in [-0.4, -0.2) is 96.7 Å². The largest absolute Gasteiger partial charge is 0.472 e. The van der Waals surface area contributed by atoms with Crippen LogP contribution in [0.5, 0.6) is 0 Å². The molecule has 0 radical (unpaired) electrons. The molecular weight excluding hydrogens is 1270 g/mol. The number of unbranched alkanes of at least 4 members (excludes halogenated alkanes) is 44. The van der Waals surface area contributed by atoms with E-state index in [2.05, 4.69) is 58.9 Å². The number of ether oxygens (including phenoxy) is 4. The van der Waals surface area contributed by atoms with Crippen molar-refractivity contribution in [1.29, 1.82) is 0 Å². The molecule has 0 aliphatic carbocycles. The Kier molecular flexibility index (Phi) is 68.8. The minimum Gasteiger partial charge on any atom is -0.462 e. The minimum atomic E-state index is -4.97. The number of phosphoric acid groups is 2. The van der Waals surface area contributed by atoms with Gasteiger partial charge >= 0.3 is 39.5 Å². The van der Waals surface area contributed by atoms with Gasteiger partial charge in [-0.25, -0.2) is 9.13 Å². The Bertz CT molecular complexity index is 1950. The van der Waals surface area contributed by atoms with E-state index in [1.54, 1.807) is 0 Å². The molecule has 0 fully saturated rings. The summed E-state index contributed by atoms with van der Waals surface area (Å²) in [6.45, 7) is 7.25. The van der Waals surface area contributed by atoms with Gasteiger partial charge in [-0.05, 0) is 57.3 Å². The molecule has 0 bridgehead atoms. The number of phosphoric ester groups is 2. The molecule has 0 aromatic heterocycles. The number of hydrogen-bond donors (Lipinski definition) is 3. The van der Waals surface area contributed by atoms with E-state index in [0.29, 0.717) is 25.7 Å². The number of carbonyl (C=O) groups excluding carboxylic acids is 4. The van der Waals surface area contributed by atoms with Gasteiger partial charge in [-0.15, -0.1) is 0 Å². The van der Waals surface area contributed by atoms with Crippen LogP contribution in [0.15, 0.2) is 24.3 Å². The number of esters is 4. The third-order valence-electron chi connectivity index (χ3n) is 18.0. The Labute approximate surface area is 592 Å². The Morgan fingerprint density at radius 3 is 0.876 bits per heavy atom. The quantitative estimate of drug-likeness (QED) is 0.0169. The molecule has 0 amide bonds. The highest BCUT2D eigenvalue weighted by atomic mass is 31.2. The number of carbonyl (C=O) groups is 4. The zero-order chi connectivity index (χ0) is 71.2. The lowest BCUT2D eigenvalue weighted by Gasteiger charge is -2.21. The van der Waals surface area contributed by atoms with E-state index in [9.17, 15) is 43.2 Å². The molecule has 97 heavy (non-hydrogen) atoms. The molecule has 0 aliphatic heterocycles. The van der Waals surface area contributed by atoms with Crippen molar-refractivity contribution in [2.24, 2.45) is 5.92 Å². The van der Waals surface area contributed by atoms with Gasteiger partial charge in [-0.1, -0.05) is 335 Å². The van der Waals surface area contributed by atoms with Crippen molar-refractivity contribution in [1.82, 2.24) is 0 Å². The molecule has 19 heteroatoms. The summed E-state index contributed by atoms with van der Waals surface area (Å²) in [4.78, 5) is 72.9. The van der Waals surface area contributed by atoms with Crippen LogP contribution in [0.4, 0.5) is 0 Å². The van der Waals surface area contributed by atoms with Crippen molar-refractivity contribution in [2.45, 2.75) is 406 Å². The van der Waals surface area contributed by atoms with Crippen LogP contribution in [-0.2, 0) is 65.4 Å². The van der Waals surface area contributed by atoms with Crippen LogP contribution < -0.4 is 0 Å². The fourth-order valence-corrected chi connectivity index (χ4v) is 13.1. The van der Waals surface area contributed by atoms with Crippen LogP contribution in [0, 0.1) is 5.92 Å². The van der Waals surface area contributed by atoms with E-state index in [1.165, 1.54) is 193 Å². The maximum absolute atomic E-state index is 13.1. The summed E-state index contributed by atoms with van der Waals surface area (Å²) in [7, 11) is -9.93. The molecule has 0 heterocycles. The average molecular weight is 1420 g/mol. The third-order valence-corrected chi connectivity index (χ3v) is 19.9. The van der Waals surface area contributed by atoms with Gasteiger partial charge in [0, 0.05) is 25.7 Å². The van der Waals surface area contributed by atoms with Crippen molar-refractivity contribution in [3.8, 4) is 0 Å². The SMILES string of the molecule is CCCCCC/C=C\C=C/CCCCCCCC(=O)OC[C@H](COP(=O)(O)OC[C@@H](O)COP(=O)(O)OC[C@@H](COC(=O)CCCCCCCCCCC(C)CC)OC(=O)CCCCCCCCCCCCCCCC)OC(=O)CCCCCCCCCCCCCCCCCC. The van der Waals surface area contributed by atoms with Crippen molar-refractivity contribution in [3.05, 3.63) is 24.3 Å². The molecule has 3 N–H and O–H groups in total. The summed E-state index contributed by atoms with van der Waals surface area (Å²) in [5.41, 5.74) is 0. The van der Waals surface area contributed by atoms with E-state index in [-0.39, 0.29) is 25.7 Å². The molecule has 0 rings (SSSR count). The van der Waals surface area contributed by atoms with Crippen LogP contribution in [0.25, 0.3) is 0 Å². The smallest absolute Gasteiger partial charge is 0.462 e. The van der Waals surface area contributed by atoms with Gasteiger partial charge in [0.2, 0.25) is 0 Å². The van der Waals surface area contributed by atoms with Gasteiger partial charge in [-0.3, -0.25) is 37.3 Å². The number of hydrogen-bond acceptors (Lipinski definition) is 15. The Balaban J connectivity index is 5.30. The van der Waals surface area contributed by atoms with Gasteiger partial charge in [0.1, 0.15) is 19.3 Å². The highest BCUT2D eigenvalue weighted by molar-refractivity contribution is 7.47. The van der Waals surface area contributed by atoms with Crippen LogP contribution >= 0.6 is 15.6 Å². The first-order valence-electron chi connectivity index (χ1n) is 40.0. The number of allylic oxidation sites excluding steroid dienone is 4. The zero-order valence-electron chi connectivity index (χ0n) is 62.7. The molecule has 0 saturated heterocycles. The first kappa shape index (κ1) is 94.5. The molecule has 0 aromatic rings. The van der Waals surface area contributed by atoms with Crippen LogP contribution in [0.1, 0.15) is 388 Å². The van der Waals surface area contributed by atoms with Gasteiger partial charge in [0.15, 0.2) is 12.2 Å². The topological polar surface area (TPSA) is 237 Å². The second-order valence-electron chi connectivity index (χ2n) is 27.7. The molecule has 0 aliphatic rings. The first-order chi connectivity index (χ1) is 47.1. The Morgan fingerprint density at radius 2 is 0.577 bits per heavy atom. The maximum atomic E-state index is 13.1. The molecule has 0 aromatic carbocycles. The van der Waals surface area contributed by atoms with Gasteiger partial charge in [0.05, 0.1) is 26.4 Å². The molecule has 17 nitrogen and oxygen atoms in total. The first-order valence-corrected chi connectivity index (χ1v) is 43.0. The van der Waals surface area contributed by atoms with E-state index in [4.69, 9.17) is 37.0 Å². The Morgan fingerprint density at radius 1 is 0.330 bits per heavy atom. The average Bonchev–Trinajstić information content (AvgIpc) is 1.24. The summed E-state index contributed by atoms with van der Waals surface area (Å²) in [6.07, 6.45) is 63.0. The maximum Gasteiger partial charge on any atom is 0.472 e. The van der Waals surface area contributed by atoms with Crippen LogP contribution in [0.2, 0.25) is 0 Å². The highest BCUT2D eigenvalue weighted by Gasteiger charge is 2.30. The third kappa shape index (κ3) is 70.4. The predicted molar refractivity (Wildman–Crippen MR) is 395 cm³/mol. The summed E-state index contributed by atoms with van der Waals surface area (Å²) in [5.74, 6) is -1.36. The number of rotatable bonds is 76. The second kappa shape index (κ2) is 70.6. The number of aliphatic hydroxyl groups is 1. The molecule has 0 saturated carbocycles. The number of aliphatic hydroxyl groups excluding tert-OH is 1. The van der Waals surface area contributed by atoms with E-state index in [0.717, 1.165) is 115 Å². The van der Waals surface area contributed by atoms with Crippen molar-refractivity contribution < 1.29 is 80.2 Å². The summed E-state index contributed by atoms with van der Waals surface area (Å²) >= 11 is 0. The zero-order valence-corrected chi connectivity index (χ0v) is 64.5. The van der Waals surface area contributed by atoms with E-state index < -0.39 is 97.5 Å². The van der Waals surface area contributed by atoms with Crippen molar-refractivity contribution in [3.63, 3.8) is 0 Å². The molecule has 0 spiro atoms. The van der Waals surface area contributed by atoms with E-state index >= 15 is 0 Å². The minimum absolute atomic E-state index is 0.102.